The Balaban J connectivity index is 1.59. The van der Waals surface area contributed by atoms with Gasteiger partial charge in [0.05, 0.1) is 17.1 Å². The van der Waals surface area contributed by atoms with Gasteiger partial charge in [-0.25, -0.2) is 30.3 Å². The molecule has 37 heavy (non-hydrogen) atoms. The van der Waals surface area contributed by atoms with Crippen LogP contribution in [0.15, 0.2) is 56.7 Å². The zero-order chi connectivity index (χ0) is 26.8. The maximum Gasteiger partial charge on any atom is 0.244 e. The summed E-state index contributed by atoms with van der Waals surface area (Å²) in [6.45, 7) is 2.94. The summed E-state index contributed by atoms with van der Waals surface area (Å²) in [7, 11) is -8.29. The summed E-state index contributed by atoms with van der Waals surface area (Å²) in [5.41, 5.74) is -0.360. The van der Waals surface area contributed by atoms with Gasteiger partial charge < -0.3 is 9.15 Å². The molecule has 1 fully saturated rings. The largest absolute Gasteiger partial charge is 0.490 e. The highest BCUT2D eigenvalue weighted by Crippen LogP contribution is 2.56. The van der Waals surface area contributed by atoms with Gasteiger partial charge in [0, 0.05) is 17.0 Å². The van der Waals surface area contributed by atoms with E-state index < -0.39 is 54.0 Å². The maximum atomic E-state index is 15.4. The van der Waals surface area contributed by atoms with Crippen LogP contribution in [0.25, 0.3) is 0 Å². The number of benzene rings is 2. The van der Waals surface area contributed by atoms with Crippen molar-refractivity contribution in [1.82, 2.24) is 4.72 Å². The van der Waals surface area contributed by atoms with E-state index in [0.29, 0.717) is 10.8 Å². The Hall–Kier alpha value is -2.47. The van der Waals surface area contributed by atoms with Crippen molar-refractivity contribution in [2.75, 3.05) is 6.61 Å². The molecule has 3 atom stereocenters. The maximum absolute atomic E-state index is 15.4. The molecular formula is C25H24ClF2NO6S2. The van der Waals surface area contributed by atoms with E-state index in [1.165, 1.54) is 37.3 Å². The monoisotopic (exact) mass is 571 g/mol. The Morgan fingerprint density at radius 3 is 2.35 bits per heavy atom. The molecule has 0 radical (unpaired) electrons. The van der Waals surface area contributed by atoms with Crippen LogP contribution in [-0.2, 0) is 24.6 Å². The summed E-state index contributed by atoms with van der Waals surface area (Å²) >= 11 is 5.96. The number of aryl methyl sites for hydroxylation is 2. The van der Waals surface area contributed by atoms with Gasteiger partial charge in [-0.15, -0.1) is 0 Å². The first-order valence-electron chi connectivity index (χ1n) is 11.6. The van der Waals surface area contributed by atoms with E-state index in [1.807, 2.05) is 0 Å². The fourth-order valence-corrected chi connectivity index (χ4v) is 9.62. The molecule has 0 amide bonds. The van der Waals surface area contributed by atoms with E-state index in [0.717, 1.165) is 12.1 Å². The number of ether oxygens (including phenoxy) is 1. The summed E-state index contributed by atoms with van der Waals surface area (Å²) in [6.07, 6.45) is -0.0684. The minimum absolute atomic E-state index is 0.00558. The third kappa shape index (κ3) is 4.16. The SMILES string of the molecule is Cc1cc(S(=O)(=O)N[C@@H]2CC[C@@]3(S(=O)(=O)c4ccc(Cl)cc4)c4c(F)ccc(F)c4OC[C@H]3C2)c(C)o1. The lowest BCUT2D eigenvalue weighted by molar-refractivity contribution is 0.113. The molecule has 2 aromatic carbocycles. The van der Waals surface area contributed by atoms with Crippen molar-refractivity contribution < 1.29 is 34.8 Å². The molecule has 2 aliphatic rings. The summed E-state index contributed by atoms with van der Waals surface area (Å²) in [5, 5.41) is 0.320. The highest BCUT2D eigenvalue weighted by molar-refractivity contribution is 7.92. The van der Waals surface area contributed by atoms with Crippen molar-refractivity contribution in [3.05, 3.63) is 76.2 Å². The van der Waals surface area contributed by atoms with Crippen molar-refractivity contribution in [2.24, 2.45) is 5.92 Å². The number of hydrogen-bond donors (Lipinski definition) is 1. The third-order valence-corrected chi connectivity index (χ3v) is 11.7. The number of sulfonamides is 1. The highest BCUT2D eigenvalue weighted by atomic mass is 35.5. The van der Waals surface area contributed by atoms with Gasteiger partial charge in [-0.1, -0.05) is 11.6 Å². The zero-order valence-electron chi connectivity index (χ0n) is 19.9. The summed E-state index contributed by atoms with van der Waals surface area (Å²) < 4.78 is 96.4. The lowest BCUT2D eigenvalue weighted by Crippen LogP contribution is -2.55. The van der Waals surface area contributed by atoms with Gasteiger partial charge in [0.1, 0.15) is 27.0 Å². The van der Waals surface area contributed by atoms with Crippen molar-refractivity contribution in [2.45, 2.75) is 53.7 Å². The van der Waals surface area contributed by atoms with Gasteiger partial charge in [-0.05, 0) is 75.6 Å². The zero-order valence-corrected chi connectivity index (χ0v) is 22.3. The number of fused-ring (bicyclic) bond motifs is 3. The third-order valence-electron chi connectivity index (χ3n) is 7.21. The van der Waals surface area contributed by atoms with Crippen LogP contribution in [0.1, 0.15) is 36.3 Å². The van der Waals surface area contributed by atoms with E-state index in [9.17, 15) is 21.2 Å². The van der Waals surface area contributed by atoms with Crippen LogP contribution in [0.5, 0.6) is 5.75 Å². The summed E-state index contributed by atoms with van der Waals surface area (Å²) in [4.78, 5) is -0.101. The molecule has 1 aliphatic heterocycles. The van der Waals surface area contributed by atoms with E-state index in [4.69, 9.17) is 20.8 Å². The average Bonchev–Trinajstić information content (AvgIpc) is 3.19. The first-order valence-corrected chi connectivity index (χ1v) is 14.9. The first kappa shape index (κ1) is 26.1. The van der Waals surface area contributed by atoms with Crippen molar-refractivity contribution in [3.8, 4) is 5.75 Å². The van der Waals surface area contributed by atoms with Crippen LogP contribution < -0.4 is 9.46 Å². The second-order valence-corrected chi connectivity index (χ2v) is 13.8. The van der Waals surface area contributed by atoms with Gasteiger partial charge in [0.25, 0.3) is 0 Å². The molecule has 5 rings (SSSR count). The van der Waals surface area contributed by atoms with E-state index >= 15 is 4.39 Å². The molecular weight excluding hydrogens is 548 g/mol. The average molecular weight is 572 g/mol. The van der Waals surface area contributed by atoms with Gasteiger partial charge in [-0.3, -0.25) is 0 Å². The molecule has 1 saturated carbocycles. The molecule has 2 heterocycles. The highest BCUT2D eigenvalue weighted by Gasteiger charge is 2.60. The quantitative estimate of drug-likeness (QED) is 0.460. The Morgan fingerprint density at radius 1 is 1.03 bits per heavy atom. The predicted molar refractivity (Wildman–Crippen MR) is 132 cm³/mol. The van der Waals surface area contributed by atoms with Gasteiger partial charge in [0.2, 0.25) is 10.0 Å². The van der Waals surface area contributed by atoms with Gasteiger partial charge in [0.15, 0.2) is 21.4 Å². The molecule has 12 heteroatoms. The second-order valence-electron chi connectivity index (χ2n) is 9.46. The number of rotatable bonds is 5. The predicted octanol–water partition coefficient (Wildman–Crippen LogP) is 5.04. The minimum atomic E-state index is -4.31. The first-order chi connectivity index (χ1) is 17.4. The minimum Gasteiger partial charge on any atom is -0.490 e. The molecule has 198 valence electrons. The van der Waals surface area contributed by atoms with E-state index in [2.05, 4.69) is 4.72 Å². The normalized spacial score (nSPS) is 23.7. The molecule has 1 N–H and O–H groups in total. The van der Waals surface area contributed by atoms with Gasteiger partial charge in [-0.2, -0.15) is 0 Å². The smallest absolute Gasteiger partial charge is 0.244 e. The van der Waals surface area contributed by atoms with E-state index in [1.54, 1.807) is 6.92 Å². The van der Waals surface area contributed by atoms with Crippen LogP contribution in [0.2, 0.25) is 5.02 Å². The van der Waals surface area contributed by atoms with E-state index in [-0.39, 0.29) is 47.0 Å². The molecule has 3 aromatic rings. The lowest BCUT2D eigenvalue weighted by atomic mass is 9.71. The fourth-order valence-electron chi connectivity index (χ4n) is 5.61. The van der Waals surface area contributed by atoms with Crippen molar-refractivity contribution in [1.29, 1.82) is 0 Å². The number of sulfone groups is 1. The van der Waals surface area contributed by atoms with Crippen LogP contribution in [0.3, 0.4) is 0 Å². The van der Waals surface area contributed by atoms with Crippen molar-refractivity contribution >= 4 is 31.5 Å². The molecule has 0 unspecified atom stereocenters. The Bertz CT molecular complexity index is 1590. The number of nitrogens with one attached hydrogen (secondary N) is 1. The molecule has 0 saturated heterocycles. The lowest BCUT2D eigenvalue weighted by Gasteiger charge is -2.49. The molecule has 7 nitrogen and oxygen atoms in total. The summed E-state index contributed by atoms with van der Waals surface area (Å²) in [5.74, 6) is -2.41. The van der Waals surface area contributed by atoms with Crippen LogP contribution in [0, 0.1) is 31.4 Å². The Kier molecular flexibility index (Phi) is 6.41. The Morgan fingerprint density at radius 2 is 1.70 bits per heavy atom. The number of halogens is 3. The number of furan rings is 1. The van der Waals surface area contributed by atoms with Crippen LogP contribution in [0.4, 0.5) is 8.78 Å². The van der Waals surface area contributed by atoms with Crippen LogP contribution in [-0.4, -0.2) is 29.5 Å². The molecule has 1 aromatic heterocycles. The number of hydrogen-bond acceptors (Lipinski definition) is 6. The van der Waals surface area contributed by atoms with Crippen molar-refractivity contribution in [3.63, 3.8) is 0 Å². The second kappa shape index (κ2) is 9.07. The molecule has 0 bridgehead atoms. The fraction of sp³-hybridized carbons (Fsp3) is 0.360. The molecule has 0 spiro atoms. The standard InChI is InChI=1S/C25H24ClF2NO6S2/c1-14-11-22(15(2)35-14)37(32,33)29-18-9-10-25(36(30,31)19-5-3-17(26)4-6-19)16(12-18)13-34-24-21(28)8-7-20(27)23(24)25/h3-8,11,16,18,29H,9-10,12-13H2,1-2H3/t16-,18-,25+/m1/s1. The Labute approximate surface area is 218 Å². The van der Waals surface area contributed by atoms with Crippen LogP contribution >= 0.6 is 11.6 Å². The topological polar surface area (TPSA) is 103 Å². The summed E-state index contributed by atoms with van der Waals surface area (Å²) in [6, 6.07) is 8.01. The molecule has 1 aliphatic carbocycles. The van der Waals surface area contributed by atoms with Gasteiger partial charge >= 0.3 is 0 Å².